The van der Waals surface area contributed by atoms with E-state index in [-0.39, 0.29) is 29.9 Å². The Kier molecular flexibility index (Phi) is 3.16. The monoisotopic (exact) mass is 271 g/mol. The molecule has 3 rings (SSSR count). The molecule has 4 heteroatoms. The molecule has 0 N–H and O–H groups in total. The lowest BCUT2D eigenvalue weighted by atomic mass is 9.89. The molecule has 2 aliphatic rings. The Bertz CT molecular complexity index is 576. The van der Waals surface area contributed by atoms with Crippen LogP contribution in [0, 0.1) is 18.8 Å². The summed E-state index contributed by atoms with van der Waals surface area (Å²) in [6.45, 7) is 1.96. The third-order valence-electron chi connectivity index (χ3n) is 4.31. The van der Waals surface area contributed by atoms with Gasteiger partial charge in [0.15, 0.2) is 0 Å². The smallest absolute Gasteiger partial charge is 0.238 e. The van der Waals surface area contributed by atoms with Crippen LogP contribution in [-0.2, 0) is 14.4 Å². The first-order chi connectivity index (χ1) is 9.58. The molecule has 2 amide bonds. The first kappa shape index (κ1) is 13.0. The molecule has 1 saturated carbocycles. The number of hydrogen-bond acceptors (Lipinski definition) is 3. The molecule has 104 valence electrons. The van der Waals surface area contributed by atoms with Crippen LogP contribution in [0.15, 0.2) is 24.3 Å². The van der Waals surface area contributed by atoms with Crippen LogP contribution in [0.2, 0.25) is 0 Å². The molecule has 1 aliphatic heterocycles. The summed E-state index contributed by atoms with van der Waals surface area (Å²) in [5.41, 5.74) is 1.69. The van der Waals surface area contributed by atoms with Crippen molar-refractivity contribution in [3.05, 3.63) is 29.8 Å². The van der Waals surface area contributed by atoms with E-state index in [1.165, 1.54) is 4.90 Å². The normalized spacial score (nSPS) is 26.6. The number of imide groups is 1. The highest BCUT2D eigenvalue weighted by molar-refractivity contribution is 6.21. The lowest BCUT2D eigenvalue weighted by Crippen LogP contribution is -2.33. The van der Waals surface area contributed by atoms with Gasteiger partial charge in [-0.25, -0.2) is 0 Å². The summed E-state index contributed by atoms with van der Waals surface area (Å²) in [5, 5.41) is 0. The van der Waals surface area contributed by atoms with Crippen molar-refractivity contribution in [3.8, 4) is 0 Å². The fourth-order valence-electron chi connectivity index (χ4n) is 3.20. The molecule has 0 bridgehead atoms. The second-order valence-electron chi connectivity index (χ2n) is 5.68. The molecule has 1 saturated heterocycles. The quantitative estimate of drug-likeness (QED) is 0.775. The first-order valence-electron chi connectivity index (χ1n) is 7.04. The van der Waals surface area contributed by atoms with Gasteiger partial charge in [-0.3, -0.25) is 19.3 Å². The van der Waals surface area contributed by atoms with Crippen LogP contribution in [0.4, 0.5) is 5.69 Å². The fraction of sp³-hybridized carbons (Fsp3) is 0.438. The lowest BCUT2D eigenvalue weighted by molar-refractivity contribution is -0.129. The minimum Gasteiger partial charge on any atom is -0.299 e. The number of aryl methyl sites for hydroxylation is 1. The Morgan fingerprint density at radius 1 is 1.05 bits per heavy atom. The van der Waals surface area contributed by atoms with E-state index < -0.39 is 5.92 Å². The Morgan fingerprint density at radius 2 is 1.75 bits per heavy atom. The number of rotatable bonds is 2. The number of carbonyl (C=O) groups is 3. The highest BCUT2D eigenvalue weighted by Gasteiger charge is 2.46. The Morgan fingerprint density at radius 3 is 2.35 bits per heavy atom. The van der Waals surface area contributed by atoms with Crippen LogP contribution in [0.25, 0.3) is 0 Å². The van der Waals surface area contributed by atoms with Crippen molar-refractivity contribution in [3.63, 3.8) is 0 Å². The van der Waals surface area contributed by atoms with E-state index >= 15 is 0 Å². The molecule has 1 aliphatic carbocycles. The van der Waals surface area contributed by atoms with Gasteiger partial charge < -0.3 is 0 Å². The van der Waals surface area contributed by atoms with Crippen molar-refractivity contribution in [2.24, 2.45) is 11.8 Å². The molecule has 20 heavy (non-hydrogen) atoms. The van der Waals surface area contributed by atoms with Crippen LogP contribution in [-0.4, -0.2) is 17.6 Å². The van der Waals surface area contributed by atoms with Gasteiger partial charge in [0, 0.05) is 18.8 Å². The molecule has 1 heterocycles. The van der Waals surface area contributed by atoms with Crippen LogP contribution in [0.3, 0.4) is 0 Å². The van der Waals surface area contributed by atoms with Crippen molar-refractivity contribution in [2.75, 3.05) is 4.90 Å². The SMILES string of the molecule is Cc1ccc(N2C(=O)CC(C3CCCC3=O)C2=O)cc1. The van der Waals surface area contributed by atoms with Gasteiger partial charge in [-0.15, -0.1) is 0 Å². The first-order valence-corrected chi connectivity index (χ1v) is 7.04. The van der Waals surface area contributed by atoms with Crippen molar-refractivity contribution < 1.29 is 14.4 Å². The lowest BCUT2D eigenvalue weighted by Gasteiger charge is -2.17. The van der Waals surface area contributed by atoms with Gasteiger partial charge in [0.1, 0.15) is 5.78 Å². The Balaban J connectivity index is 1.87. The number of nitrogens with zero attached hydrogens (tertiary/aromatic N) is 1. The molecule has 2 fully saturated rings. The summed E-state index contributed by atoms with van der Waals surface area (Å²) in [6, 6.07) is 7.32. The highest BCUT2D eigenvalue weighted by atomic mass is 16.2. The van der Waals surface area contributed by atoms with Gasteiger partial charge in [0.25, 0.3) is 0 Å². The van der Waals surface area contributed by atoms with Crippen LogP contribution >= 0.6 is 0 Å². The predicted molar refractivity (Wildman–Crippen MR) is 74.1 cm³/mol. The van der Waals surface area contributed by atoms with Crippen LogP contribution < -0.4 is 4.90 Å². The van der Waals surface area contributed by atoms with Gasteiger partial charge in [-0.05, 0) is 31.9 Å². The topological polar surface area (TPSA) is 54.5 Å². The van der Waals surface area contributed by atoms with Crippen molar-refractivity contribution in [2.45, 2.75) is 32.6 Å². The van der Waals surface area contributed by atoms with Gasteiger partial charge in [0.2, 0.25) is 11.8 Å². The molecule has 0 radical (unpaired) electrons. The maximum atomic E-state index is 12.5. The summed E-state index contributed by atoms with van der Waals surface area (Å²) in [6.07, 6.45) is 2.30. The van der Waals surface area contributed by atoms with Gasteiger partial charge in [-0.1, -0.05) is 17.7 Å². The minimum absolute atomic E-state index is 0.141. The number of anilines is 1. The molecule has 4 nitrogen and oxygen atoms in total. The van der Waals surface area contributed by atoms with Gasteiger partial charge in [-0.2, -0.15) is 0 Å². The van der Waals surface area contributed by atoms with Gasteiger partial charge >= 0.3 is 0 Å². The molecule has 0 spiro atoms. The largest absolute Gasteiger partial charge is 0.299 e. The number of ketones is 1. The van der Waals surface area contributed by atoms with Gasteiger partial charge in [0.05, 0.1) is 11.6 Å². The molecule has 2 atom stereocenters. The number of carbonyl (C=O) groups excluding carboxylic acids is 3. The molecule has 1 aromatic carbocycles. The summed E-state index contributed by atoms with van der Waals surface area (Å²) in [5.74, 6) is -0.953. The van der Waals surface area contributed by atoms with E-state index in [4.69, 9.17) is 0 Å². The average Bonchev–Trinajstić information content (AvgIpc) is 2.95. The number of hydrogen-bond donors (Lipinski definition) is 0. The van der Waals surface area contributed by atoms with Crippen molar-refractivity contribution >= 4 is 23.3 Å². The summed E-state index contributed by atoms with van der Waals surface area (Å²) in [7, 11) is 0. The molecule has 0 aromatic heterocycles. The zero-order valence-electron chi connectivity index (χ0n) is 11.5. The van der Waals surface area contributed by atoms with E-state index in [1.807, 2.05) is 19.1 Å². The van der Waals surface area contributed by atoms with E-state index in [0.29, 0.717) is 12.1 Å². The predicted octanol–water partition coefficient (Wildman–Crippen LogP) is 2.24. The summed E-state index contributed by atoms with van der Waals surface area (Å²) in [4.78, 5) is 37.7. The summed E-state index contributed by atoms with van der Waals surface area (Å²) >= 11 is 0. The molecule has 2 unspecified atom stereocenters. The fourth-order valence-corrected chi connectivity index (χ4v) is 3.20. The number of Topliss-reactive ketones (excluding diaryl/α,β-unsaturated/α-hetero) is 1. The second-order valence-corrected chi connectivity index (χ2v) is 5.68. The number of benzene rings is 1. The van der Waals surface area contributed by atoms with E-state index in [1.54, 1.807) is 12.1 Å². The van der Waals surface area contributed by atoms with E-state index in [0.717, 1.165) is 18.4 Å². The highest BCUT2D eigenvalue weighted by Crippen LogP contribution is 2.37. The standard InChI is InChI=1S/C16H17NO3/c1-10-5-7-11(8-6-10)17-15(19)9-13(16(17)20)12-3-2-4-14(12)18/h5-8,12-13H,2-4,9H2,1H3. The molecule has 1 aromatic rings. The average molecular weight is 271 g/mol. The van der Waals surface area contributed by atoms with Crippen LogP contribution in [0.1, 0.15) is 31.2 Å². The second kappa shape index (κ2) is 4.85. The maximum absolute atomic E-state index is 12.5. The zero-order valence-corrected chi connectivity index (χ0v) is 11.5. The maximum Gasteiger partial charge on any atom is 0.238 e. The van der Waals surface area contributed by atoms with E-state index in [2.05, 4.69) is 0 Å². The zero-order chi connectivity index (χ0) is 14.3. The third kappa shape index (κ3) is 2.05. The molecular weight excluding hydrogens is 254 g/mol. The number of amides is 2. The van der Waals surface area contributed by atoms with Crippen LogP contribution in [0.5, 0.6) is 0 Å². The van der Waals surface area contributed by atoms with E-state index in [9.17, 15) is 14.4 Å². The van der Waals surface area contributed by atoms with Crippen molar-refractivity contribution in [1.29, 1.82) is 0 Å². The minimum atomic E-state index is -0.446. The molecular formula is C16H17NO3. The Labute approximate surface area is 117 Å². The summed E-state index contributed by atoms with van der Waals surface area (Å²) < 4.78 is 0. The Hall–Kier alpha value is -1.97. The third-order valence-corrected chi connectivity index (χ3v) is 4.31. The van der Waals surface area contributed by atoms with Crippen molar-refractivity contribution in [1.82, 2.24) is 0 Å².